The SMILES string of the molecule is COc1ccc(C)c2sc(N(CCN(C)C)C(=O)c3ccc([N+](=O)[O-])s3)nc12.Cl. The summed E-state index contributed by atoms with van der Waals surface area (Å²) in [6.07, 6.45) is 0. The van der Waals surface area contributed by atoms with Crippen molar-refractivity contribution in [3.8, 4) is 5.75 Å². The van der Waals surface area contributed by atoms with Crippen LogP contribution in [0.15, 0.2) is 24.3 Å². The van der Waals surface area contributed by atoms with Gasteiger partial charge in [0, 0.05) is 19.2 Å². The molecule has 11 heteroatoms. The van der Waals surface area contributed by atoms with Gasteiger partial charge in [-0.15, -0.1) is 12.4 Å². The maximum Gasteiger partial charge on any atom is 0.324 e. The zero-order chi connectivity index (χ0) is 20.4. The van der Waals surface area contributed by atoms with Crippen LogP contribution in [0.5, 0.6) is 5.75 Å². The summed E-state index contributed by atoms with van der Waals surface area (Å²) in [5, 5.41) is 11.5. The minimum absolute atomic E-state index is 0. The number of methoxy groups -OCH3 is 1. The number of rotatable bonds is 7. The van der Waals surface area contributed by atoms with E-state index in [0.29, 0.717) is 34.4 Å². The van der Waals surface area contributed by atoms with Gasteiger partial charge in [0.05, 0.1) is 21.6 Å². The number of likely N-dealkylation sites (N-methyl/N-ethyl adjacent to an activating group) is 1. The first kappa shape index (κ1) is 23.0. The number of ether oxygens (including phenoxy) is 1. The third-order valence-corrected chi connectivity index (χ3v) is 6.38. The Balaban J connectivity index is 0.00000300. The third kappa shape index (κ3) is 4.84. The molecular formula is C18H21ClN4O4S2. The van der Waals surface area contributed by atoms with Crippen LogP contribution in [0.3, 0.4) is 0 Å². The summed E-state index contributed by atoms with van der Waals surface area (Å²) in [6, 6.07) is 6.66. The predicted molar refractivity (Wildman–Crippen MR) is 119 cm³/mol. The highest BCUT2D eigenvalue weighted by molar-refractivity contribution is 7.22. The fourth-order valence-corrected chi connectivity index (χ4v) is 4.48. The molecule has 29 heavy (non-hydrogen) atoms. The van der Waals surface area contributed by atoms with Crippen molar-refractivity contribution < 1.29 is 14.5 Å². The van der Waals surface area contributed by atoms with E-state index in [9.17, 15) is 14.9 Å². The van der Waals surface area contributed by atoms with Gasteiger partial charge in [0.15, 0.2) is 5.13 Å². The standard InChI is InChI=1S/C18H20N4O4S2.ClH/c1-11-5-6-12(26-4)15-16(11)28-18(19-15)21(10-9-20(2)3)17(23)13-7-8-14(27-13)22(24)25;/h5-8H,9-10H2,1-4H3;1H. The Hall–Kier alpha value is -2.27. The number of thiophene rings is 1. The first-order valence-corrected chi connectivity index (χ1v) is 10.1. The lowest BCUT2D eigenvalue weighted by atomic mass is 10.2. The van der Waals surface area contributed by atoms with E-state index in [0.717, 1.165) is 21.6 Å². The third-order valence-electron chi connectivity index (χ3n) is 4.14. The summed E-state index contributed by atoms with van der Waals surface area (Å²) in [4.78, 5) is 32.2. The average molecular weight is 457 g/mol. The normalized spacial score (nSPS) is 10.8. The summed E-state index contributed by atoms with van der Waals surface area (Å²) in [6.45, 7) is 3.03. The van der Waals surface area contributed by atoms with Gasteiger partial charge >= 0.3 is 5.00 Å². The Labute approximate surface area is 182 Å². The molecule has 0 radical (unpaired) electrons. The molecule has 0 aliphatic carbocycles. The summed E-state index contributed by atoms with van der Waals surface area (Å²) < 4.78 is 6.36. The van der Waals surface area contributed by atoms with Gasteiger partial charge in [0.25, 0.3) is 5.91 Å². The number of halogens is 1. The number of carbonyl (C=O) groups excluding carboxylic acids is 1. The number of benzene rings is 1. The molecule has 2 heterocycles. The minimum Gasteiger partial charge on any atom is -0.494 e. The Morgan fingerprint density at radius 2 is 1.93 bits per heavy atom. The smallest absolute Gasteiger partial charge is 0.324 e. The van der Waals surface area contributed by atoms with E-state index < -0.39 is 4.92 Å². The van der Waals surface area contributed by atoms with Crippen LogP contribution in [0.1, 0.15) is 15.2 Å². The second kappa shape index (κ2) is 9.49. The van der Waals surface area contributed by atoms with E-state index in [2.05, 4.69) is 4.98 Å². The monoisotopic (exact) mass is 456 g/mol. The van der Waals surface area contributed by atoms with E-state index in [1.165, 1.54) is 23.5 Å². The van der Waals surface area contributed by atoms with Crippen molar-refractivity contribution >= 4 is 61.3 Å². The number of hydrogen-bond donors (Lipinski definition) is 0. The van der Waals surface area contributed by atoms with Crippen LogP contribution in [0, 0.1) is 17.0 Å². The second-order valence-corrected chi connectivity index (χ2v) is 8.45. The van der Waals surface area contributed by atoms with Gasteiger partial charge in [-0.2, -0.15) is 0 Å². The molecule has 3 rings (SSSR count). The molecule has 0 saturated carbocycles. The van der Waals surface area contributed by atoms with Crippen molar-refractivity contribution in [2.45, 2.75) is 6.92 Å². The Bertz CT molecular complexity index is 1030. The van der Waals surface area contributed by atoms with Crippen LogP contribution in [0.4, 0.5) is 10.1 Å². The van der Waals surface area contributed by atoms with Crippen molar-refractivity contribution in [3.63, 3.8) is 0 Å². The molecule has 1 amide bonds. The largest absolute Gasteiger partial charge is 0.494 e. The van der Waals surface area contributed by atoms with Crippen LogP contribution < -0.4 is 9.64 Å². The molecule has 1 aromatic carbocycles. The number of carbonyl (C=O) groups is 1. The number of thiazole rings is 1. The molecule has 3 aromatic rings. The first-order valence-electron chi connectivity index (χ1n) is 8.46. The number of nitro groups is 1. The van der Waals surface area contributed by atoms with Crippen LogP contribution in [-0.4, -0.2) is 55.0 Å². The molecule has 0 N–H and O–H groups in total. The second-order valence-electron chi connectivity index (χ2n) is 6.41. The minimum atomic E-state index is -0.489. The van der Waals surface area contributed by atoms with Gasteiger partial charge in [0.2, 0.25) is 0 Å². The topological polar surface area (TPSA) is 88.8 Å². The lowest BCUT2D eigenvalue weighted by Gasteiger charge is -2.21. The quantitative estimate of drug-likeness (QED) is 0.390. The molecule has 2 aromatic heterocycles. The molecule has 0 atom stereocenters. The number of nitrogens with zero attached hydrogens (tertiary/aromatic N) is 4. The average Bonchev–Trinajstić information content (AvgIpc) is 3.30. The zero-order valence-electron chi connectivity index (χ0n) is 16.4. The number of aryl methyl sites for hydroxylation is 1. The van der Waals surface area contributed by atoms with E-state index in [4.69, 9.17) is 4.74 Å². The van der Waals surface area contributed by atoms with Gasteiger partial charge in [-0.25, -0.2) is 4.98 Å². The number of hydrogen-bond acceptors (Lipinski definition) is 8. The zero-order valence-corrected chi connectivity index (χ0v) is 18.8. The summed E-state index contributed by atoms with van der Waals surface area (Å²) in [7, 11) is 5.43. The van der Waals surface area contributed by atoms with Crippen LogP contribution >= 0.6 is 35.1 Å². The van der Waals surface area contributed by atoms with E-state index in [-0.39, 0.29) is 23.3 Å². The van der Waals surface area contributed by atoms with Gasteiger partial charge in [-0.3, -0.25) is 19.8 Å². The van der Waals surface area contributed by atoms with Crippen molar-refractivity contribution in [2.75, 3.05) is 39.2 Å². The summed E-state index contributed by atoms with van der Waals surface area (Å²) >= 11 is 2.29. The van der Waals surface area contributed by atoms with Crippen molar-refractivity contribution in [3.05, 3.63) is 44.8 Å². The highest BCUT2D eigenvalue weighted by atomic mass is 35.5. The maximum absolute atomic E-state index is 13.1. The van der Waals surface area contributed by atoms with Crippen LogP contribution in [-0.2, 0) is 0 Å². The number of aromatic nitrogens is 1. The van der Waals surface area contributed by atoms with Gasteiger partial charge in [-0.05, 0) is 38.7 Å². The Kier molecular flexibility index (Phi) is 7.53. The molecule has 8 nitrogen and oxygen atoms in total. The molecular weight excluding hydrogens is 436 g/mol. The van der Waals surface area contributed by atoms with Crippen LogP contribution in [0.2, 0.25) is 0 Å². The molecule has 0 aliphatic rings. The summed E-state index contributed by atoms with van der Waals surface area (Å²) in [5.74, 6) is 0.352. The number of fused-ring (bicyclic) bond motifs is 1. The van der Waals surface area contributed by atoms with Crippen LogP contribution in [0.25, 0.3) is 10.2 Å². The molecule has 0 saturated heterocycles. The number of anilines is 1. The molecule has 0 bridgehead atoms. The highest BCUT2D eigenvalue weighted by Gasteiger charge is 2.25. The first-order chi connectivity index (χ1) is 13.3. The molecule has 0 spiro atoms. The molecule has 0 aliphatic heterocycles. The fourth-order valence-electron chi connectivity index (χ4n) is 2.64. The predicted octanol–water partition coefficient (Wildman–Crippen LogP) is 4.21. The van der Waals surface area contributed by atoms with Gasteiger partial charge in [0.1, 0.15) is 11.3 Å². The lowest BCUT2D eigenvalue weighted by Crippen LogP contribution is -2.36. The number of amides is 1. The van der Waals surface area contributed by atoms with Crippen molar-refractivity contribution in [1.29, 1.82) is 0 Å². The summed E-state index contributed by atoms with van der Waals surface area (Å²) in [5.41, 5.74) is 1.76. The maximum atomic E-state index is 13.1. The molecule has 0 fully saturated rings. The van der Waals surface area contributed by atoms with E-state index in [1.54, 1.807) is 12.0 Å². The van der Waals surface area contributed by atoms with Crippen molar-refractivity contribution in [2.24, 2.45) is 0 Å². The Morgan fingerprint density at radius 3 is 2.52 bits per heavy atom. The van der Waals surface area contributed by atoms with Gasteiger partial charge < -0.3 is 9.64 Å². The van der Waals surface area contributed by atoms with E-state index in [1.807, 2.05) is 38.1 Å². The van der Waals surface area contributed by atoms with E-state index >= 15 is 0 Å². The highest BCUT2D eigenvalue weighted by Crippen LogP contribution is 2.37. The van der Waals surface area contributed by atoms with Crippen molar-refractivity contribution in [1.82, 2.24) is 9.88 Å². The lowest BCUT2D eigenvalue weighted by molar-refractivity contribution is -0.380. The fraction of sp³-hybridized carbons (Fsp3) is 0.333. The Morgan fingerprint density at radius 1 is 1.21 bits per heavy atom. The molecule has 0 unspecified atom stereocenters. The van der Waals surface area contributed by atoms with Gasteiger partial charge in [-0.1, -0.05) is 28.7 Å². The molecule has 156 valence electrons.